The van der Waals surface area contributed by atoms with E-state index in [2.05, 4.69) is 26.4 Å². The molecule has 0 aliphatic heterocycles. The molecule has 138 valence electrons. The average Bonchev–Trinajstić information content (AvgIpc) is 2.74. The molecule has 0 radical (unpaired) electrons. The molecule has 0 bridgehead atoms. The summed E-state index contributed by atoms with van der Waals surface area (Å²) in [4.78, 5) is 28.1. The monoisotopic (exact) mass is 372 g/mol. The van der Waals surface area contributed by atoms with Gasteiger partial charge < -0.3 is 15.4 Å². The van der Waals surface area contributed by atoms with Crippen molar-refractivity contribution in [2.24, 2.45) is 0 Å². The Labute approximate surface area is 161 Å². The molecule has 0 unspecified atom stereocenters. The molecular formula is C21H16N4O3. The highest BCUT2D eigenvalue weighted by molar-refractivity contribution is 6.03. The van der Waals surface area contributed by atoms with E-state index in [1.165, 1.54) is 19.4 Å². The zero-order valence-electron chi connectivity index (χ0n) is 15.0. The zero-order chi connectivity index (χ0) is 19.9. The highest BCUT2D eigenvalue weighted by Crippen LogP contribution is 2.18. The van der Waals surface area contributed by atoms with Crippen molar-refractivity contribution in [1.82, 2.24) is 4.98 Å². The standard InChI is InChI=1S/C21H16N4O3/c1-28-21(27)15-5-3-7-17(11-15)25-20(26)19-9-8-18(13-23-19)24-16-6-2-4-14(10-16)12-22/h2-11,13,24H,1H3,(H,25,26). The van der Waals surface area contributed by atoms with Crippen LogP contribution in [0.5, 0.6) is 0 Å². The van der Waals surface area contributed by atoms with Gasteiger partial charge in [-0.2, -0.15) is 5.26 Å². The molecule has 3 aromatic rings. The van der Waals surface area contributed by atoms with Crippen molar-refractivity contribution in [3.8, 4) is 6.07 Å². The number of esters is 1. The average molecular weight is 372 g/mol. The first-order valence-corrected chi connectivity index (χ1v) is 8.32. The molecule has 7 heteroatoms. The van der Waals surface area contributed by atoms with Gasteiger partial charge >= 0.3 is 5.97 Å². The number of aromatic nitrogens is 1. The Morgan fingerprint density at radius 1 is 1.00 bits per heavy atom. The summed E-state index contributed by atoms with van der Waals surface area (Å²) in [7, 11) is 1.30. The largest absolute Gasteiger partial charge is 0.465 e. The predicted molar refractivity (Wildman–Crippen MR) is 104 cm³/mol. The molecule has 0 aliphatic rings. The van der Waals surface area contributed by atoms with Gasteiger partial charge in [0, 0.05) is 11.4 Å². The van der Waals surface area contributed by atoms with E-state index in [1.54, 1.807) is 48.5 Å². The van der Waals surface area contributed by atoms with Crippen LogP contribution in [0.1, 0.15) is 26.4 Å². The number of nitrogens with one attached hydrogen (secondary N) is 2. The van der Waals surface area contributed by atoms with E-state index in [1.807, 2.05) is 6.07 Å². The van der Waals surface area contributed by atoms with Gasteiger partial charge in [0.2, 0.25) is 0 Å². The highest BCUT2D eigenvalue weighted by Gasteiger charge is 2.10. The van der Waals surface area contributed by atoms with Crippen LogP contribution < -0.4 is 10.6 Å². The van der Waals surface area contributed by atoms with Gasteiger partial charge in [-0.1, -0.05) is 12.1 Å². The number of anilines is 3. The molecule has 0 atom stereocenters. The smallest absolute Gasteiger partial charge is 0.337 e. The van der Waals surface area contributed by atoms with Gasteiger partial charge in [0.05, 0.1) is 36.2 Å². The van der Waals surface area contributed by atoms with E-state index in [4.69, 9.17) is 5.26 Å². The number of hydrogen-bond acceptors (Lipinski definition) is 6. The van der Waals surface area contributed by atoms with Crippen LogP contribution in [0.4, 0.5) is 17.1 Å². The van der Waals surface area contributed by atoms with Gasteiger partial charge in [-0.3, -0.25) is 4.79 Å². The molecule has 3 rings (SSSR count). The highest BCUT2D eigenvalue weighted by atomic mass is 16.5. The minimum atomic E-state index is -0.481. The molecule has 0 saturated carbocycles. The van der Waals surface area contributed by atoms with Crippen LogP contribution in [0.2, 0.25) is 0 Å². The minimum absolute atomic E-state index is 0.222. The van der Waals surface area contributed by atoms with Gasteiger partial charge in [-0.15, -0.1) is 0 Å². The molecule has 0 spiro atoms. The molecular weight excluding hydrogens is 356 g/mol. The fourth-order valence-corrected chi connectivity index (χ4v) is 2.47. The zero-order valence-corrected chi connectivity index (χ0v) is 15.0. The SMILES string of the molecule is COC(=O)c1cccc(NC(=O)c2ccc(Nc3cccc(C#N)c3)cn2)c1. The van der Waals surface area contributed by atoms with Crippen molar-refractivity contribution < 1.29 is 14.3 Å². The number of nitrogens with zero attached hydrogens (tertiary/aromatic N) is 2. The van der Waals surface area contributed by atoms with E-state index in [-0.39, 0.29) is 5.69 Å². The fraction of sp³-hybridized carbons (Fsp3) is 0.0476. The van der Waals surface area contributed by atoms with Crippen LogP contribution in [0, 0.1) is 11.3 Å². The number of hydrogen-bond donors (Lipinski definition) is 2. The molecule has 0 fully saturated rings. The lowest BCUT2D eigenvalue weighted by Gasteiger charge is -2.08. The Hall–Kier alpha value is -4.18. The van der Waals surface area contributed by atoms with E-state index in [0.29, 0.717) is 22.5 Å². The molecule has 1 heterocycles. The van der Waals surface area contributed by atoms with Gasteiger partial charge in [0.1, 0.15) is 5.69 Å². The number of ether oxygens (including phenoxy) is 1. The van der Waals surface area contributed by atoms with Crippen molar-refractivity contribution in [2.75, 3.05) is 17.7 Å². The summed E-state index contributed by atoms with van der Waals surface area (Å²) >= 11 is 0. The maximum absolute atomic E-state index is 12.4. The number of amides is 1. The number of rotatable bonds is 5. The molecule has 1 amide bonds. The molecule has 7 nitrogen and oxygen atoms in total. The van der Waals surface area contributed by atoms with Gasteiger partial charge in [0.25, 0.3) is 5.91 Å². The normalized spacial score (nSPS) is 9.86. The summed E-state index contributed by atoms with van der Waals surface area (Å²) in [6.45, 7) is 0. The van der Waals surface area contributed by atoms with Crippen molar-refractivity contribution in [2.45, 2.75) is 0 Å². The van der Waals surface area contributed by atoms with Crippen molar-refractivity contribution in [3.63, 3.8) is 0 Å². The van der Waals surface area contributed by atoms with Crippen molar-refractivity contribution in [3.05, 3.63) is 83.7 Å². The third kappa shape index (κ3) is 4.51. The molecule has 2 N–H and O–H groups in total. The van der Waals surface area contributed by atoms with E-state index >= 15 is 0 Å². The van der Waals surface area contributed by atoms with E-state index in [9.17, 15) is 9.59 Å². The minimum Gasteiger partial charge on any atom is -0.465 e. The number of carbonyl (C=O) groups excluding carboxylic acids is 2. The van der Waals surface area contributed by atoms with Gasteiger partial charge in [-0.05, 0) is 48.5 Å². The maximum Gasteiger partial charge on any atom is 0.337 e. The van der Waals surface area contributed by atoms with E-state index < -0.39 is 11.9 Å². The molecule has 28 heavy (non-hydrogen) atoms. The molecule has 1 aromatic heterocycles. The Kier molecular flexibility index (Phi) is 5.63. The van der Waals surface area contributed by atoms with Crippen LogP contribution in [0.25, 0.3) is 0 Å². The lowest BCUT2D eigenvalue weighted by Crippen LogP contribution is -2.14. The van der Waals surface area contributed by atoms with Crippen LogP contribution >= 0.6 is 0 Å². The number of nitriles is 1. The number of methoxy groups -OCH3 is 1. The number of pyridine rings is 1. The predicted octanol–water partition coefficient (Wildman–Crippen LogP) is 3.74. The summed E-state index contributed by atoms with van der Waals surface area (Å²) in [5, 5.41) is 14.8. The molecule has 2 aromatic carbocycles. The summed E-state index contributed by atoms with van der Waals surface area (Å²) < 4.78 is 4.67. The Balaban J connectivity index is 1.68. The number of benzene rings is 2. The van der Waals surface area contributed by atoms with Gasteiger partial charge in [0.15, 0.2) is 0 Å². The van der Waals surface area contributed by atoms with Gasteiger partial charge in [-0.25, -0.2) is 9.78 Å². The lowest BCUT2D eigenvalue weighted by molar-refractivity contribution is 0.0600. The van der Waals surface area contributed by atoms with Crippen molar-refractivity contribution in [1.29, 1.82) is 5.26 Å². The fourth-order valence-electron chi connectivity index (χ4n) is 2.47. The maximum atomic E-state index is 12.4. The topological polar surface area (TPSA) is 104 Å². The second-order valence-electron chi connectivity index (χ2n) is 5.78. The third-order valence-electron chi connectivity index (χ3n) is 3.82. The van der Waals surface area contributed by atoms with E-state index in [0.717, 1.165) is 5.69 Å². The molecule has 0 aliphatic carbocycles. The quantitative estimate of drug-likeness (QED) is 0.661. The lowest BCUT2D eigenvalue weighted by atomic mass is 10.2. The Bertz CT molecular complexity index is 1060. The first-order chi connectivity index (χ1) is 13.6. The summed E-state index contributed by atoms with van der Waals surface area (Å²) in [6, 6.07) is 18.9. The summed E-state index contributed by atoms with van der Waals surface area (Å²) in [6.07, 6.45) is 1.53. The Morgan fingerprint density at radius 3 is 2.50 bits per heavy atom. The number of carbonyl (C=O) groups is 2. The van der Waals surface area contributed by atoms with Crippen LogP contribution in [-0.2, 0) is 4.74 Å². The molecule has 0 saturated heterocycles. The third-order valence-corrected chi connectivity index (χ3v) is 3.82. The summed E-state index contributed by atoms with van der Waals surface area (Å²) in [5.41, 5.74) is 3.00. The van der Waals surface area contributed by atoms with Crippen LogP contribution in [0.15, 0.2) is 66.9 Å². The Morgan fingerprint density at radius 2 is 1.79 bits per heavy atom. The first-order valence-electron chi connectivity index (χ1n) is 8.32. The first kappa shape index (κ1) is 18.6. The summed E-state index contributed by atoms with van der Waals surface area (Å²) in [5.74, 6) is -0.884. The van der Waals surface area contributed by atoms with Crippen molar-refractivity contribution >= 4 is 28.9 Å². The van der Waals surface area contributed by atoms with Crippen LogP contribution in [-0.4, -0.2) is 24.0 Å². The second-order valence-corrected chi connectivity index (χ2v) is 5.78. The second kappa shape index (κ2) is 8.47. The van der Waals surface area contributed by atoms with Crippen LogP contribution in [0.3, 0.4) is 0 Å².